The van der Waals surface area contributed by atoms with Crippen LogP contribution in [-0.2, 0) is 26.2 Å². The molecule has 1 N–H and O–H groups in total. The molecule has 0 aliphatic rings. The predicted octanol–water partition coefficient (Wildman–Crippen LogP) is 4.70. The molecule has 0 saturated heterocycles. The summed E-state index contributed by atoms with van der Waals surface area (Å²) in [7, 11) is -3.05. The third-order valence-electron chi connectivity index (χ3n) is 6.64. The summed E-state index contributed by atoms with van der Waals surface area (Å²) >= 11 is 6.39. The number of hydrogen-bond acceptors (Lipinski definition) is 7. The van der Waals surface area contributed by atoms with Crippen LogP contribution in [-0.4, -0.2) is 56.3 Å². The van der Waals surface area contributed by atoms with Gasteiger partial charge in [-0.15, -0.1) is 0 Å². The molecule has 0 aliphatic carbocycles. The molecule has 0 radical (unpaired) electrons. The van der Waals surface area contributed by atoms with Crippen LogP contribution in [0.3, 0.4) is 0 Å². The van der Waals surface area contributed by atoms with E-state index in [2.05, 4.69) is 5.32 Å². The lowest BCUT2D eigenvalue weighted by Crippen LogP contribution is -2.52. The van der Waals surface area contributed by atoms with Gasteiger partial charge in [0.15, 0.2) is 0 Å². The molecule has 0 unspecified atom stereocenters. The monoisotopic (exact) mass is 616 g/mol. The number of anilines is 1. The number of methoxy groups -OCH3 is 1. The molecule has 224 valence electrons. The number of likely N-dealkylation sites (N-methyl/N-ethyl adjacent to an activating group) is 1. The summed E-state index contributed by atoms with van der Waals surface area (Å²) < 4.78 is 34.1. The van der Waals surface area contributed by atoms with Crippen LogP contribution in [0.4, 0.5) is 11.4 Å². The Morgan fingerprint density at radius 3 is 2.31 bits per heavy atom. The number of benzene rings is 3. The molecule has 0 saturated carbocycles. The minimum absolute atomic E-state index is 0.0549. The second kappa shape index (κ2) is 14.1. The maximum atomic E-state index is 14.0. The van der Waals surface area contributed by atoms with Crippen molar-refractivity contribution >= 4 is 44.8 Å². The number of carbonyl (C=O) groups excluding carboxylic acids is 2. The lowest BCUT2D eigenvalue weighted by Gasteiger charge is -2.33. The van der Waals surface area contributed by atoms with E-state index >= 15 is 0 Å². The maximum Gasteiger partial charge on any atom is 0.273 e. The zero-order chi connectivity index (χ0) is 31.0. The SMILES string of the molecule is CCNC(=O)[C@H](CC)N(Cc1ccccc1Cl)C(=O)CN(c1ccc(OC)cc1)S(=O)(=O)c1ccc(C)c([N+](=O)[O-])c1. The maximum absolute atomic E-state index is 14.0. The van der Waals surface area contributed by atoms with Crippen molar-refractivity contribution in [2.75, 3.05) is 24.5 Å². The fourth-order valence-corrected chi connectivity index (χ4v) is 6.00. The first kappa shape index (κ1) is 32.4. The second-order valence-electron chi connectivity index (χ2n) is 9.35. The number of ether oxygens (including phenoxy) is 1. The molecule has 1 atom stereocenters. The van der Waals surface area contributed by atoms with E-state index in [1.165, 1.54) is 55.3 Å². The normalized spacial score (nSPS) is 11.8. The Balaban J connectivity index is 2.13. The first-order valence-electron chi connectivity index (χ1n) is 13.2. The summed E-state index contributed by atoms with van der Waals surface area (Å²) in [5.74, 6) is -0.613. The van der Waals surface area contributed by atoms with Crippen molar-refractivity contribution in [2.45, 2.75) is 44.7 Å². The molecule has 2 amide bonds. The minimum Gasteiger partial charge on any atom is -0.497 e. The molecule has 42 heavy (non-hydrogen) atoms. The smallest absolute Gasteiger partial charge is 0.273 e. The number of halogens is 1. The van der Waals surface area contributed by atoms with Crippen LogP contribution in [0.2, 0.25) is 5.02 Å². The van der Waals surface area contributed by atoms with E-state index in [1.54, 1.807) is 38.1 Å². The average Bonchev–Trinajstić information content (AvgIpc) is 2.96. The van der Waals surface area contributed by atoms with Gasteiger partial charge in [0.1, 0.15) is 18.3 Å². The molecule has 0 aliphatic heterocycles. The number of hydrogen-bond donors (Lipinski definition) is 1. The van der Waals surface area contributed by atoms with Crippen molar-refractivity contribution < 1.29 is 27.7 Å². The Kier molecular flexibility index (Phi) is 10.9. The van der Waals surface area contributed by atoms with Gasteiger partial charge in [-0.1, -0.05) is 42.8 Å². The third kappa shape index (κ3) is 7.37. The number of carbonyl (C=O) groups is 2. The van der Waals surface area contributed by atoms with Crippen LogP contribution in [0.15, 0.2) is 71.6 Å². The molecule has 13 heteroatoms. The summed E-state index contributed by atoms with van der Waals surface area (Å²) in [6.07, 6.45) is 0.251. The topological polar surface area (TPSA) is 139 Å². The van der Waals surface area contributed by atoms with Gasteiger partial charge in [-0.2, -0.15) is 0 Å². The summed E-state index contributed by atoms with van der Waals surface area (Å²) in [6.45, 7) is 4.58. The fraction of sp³-hybridized carbons (Fsp3) is 0.310. The lowest BCUT2D eigenvalue weighted by molar-refractivity contribution is -0.385. The number of rotatable bonds is 13. The van der Waals surface area contributed by atoms with Gasteiger partial charge in [0, 0.05) is 29.7 Å². The van der Waals surface area contributed by atoms with Gasteiger partial charge in [-0.3, -0.25) is 24.0 Å². The molecule has 0 heterocycles. The summed E-state index contributed by atoms with van der Waals surface area (Å²) in [6, 6.07) is 15.5. The molecule has 11 nitrogen and oxygen atoms in total. The first-order chi connectivity index (χ1) is 19.9. The van der Waals surface area contributed by atoms with E-state index in [0.717, 1.165) is 10.4 Å². The van der Waals surface area contributed by atoms with Crippen LogP contribution < -0.4 is 14.4 Å². The highest BCUT2D eigenvalue weighted by Crippen LogP contribution is 2.30. The largest absolute Gasteiger partial charge is 0.497 e. The number of sulfonamides is 1. The van der Waals surface area contributed by atoms with Gasteiger partial charge in [0.2, 0.25) is 11.8 Å². The summed E-state index contributed by atoms with van der Waals surface area (Å²) in [4.78, 5) is 38.9. The highest BCUT2D eigenvalue weighted by Gasteiger charge is 2.34. The van der Waals surface area contributed by atoms with Gasteiger partial charge < -0.3 is 15.0 Å². The first-order valence-corrected chi connectivity index (χ1v) is 15.0. The highest BCUT2D eigenvalue weighted by molar-refractivity contribution is 7.92. The van der Waals surface area contributed by atoms with Crippen molar-refractivity contribution in [3.05, 3.63) is 93.0 Å². The number of nitrogens with zero attached hydrogens (tertiary/aromatic N) is 3. The second-order valence-corrected chi connectivity index (χ2v) is 11.6. The quantitative estimate of drug-likeness (QED) is 0.217. The van der Waals surface area contributed by atoms with E-state index in [0.29, 0.717) is 22.9 Å². The zero-order valence-electron chi connectivity index (χ0n) is 23.7. The Hall–Kier alpha value is -4.16. The van der Waals surface area contributed by atoms with E-state index in [-0.39, 0.29) is 34.8 Å². The molecular weight excluding hydrogens is 584 g/mol. The van der Waals surface area contributed by atoms with Gasteiger partial charge in [-0.25, -0.2) is 8.42 Å². The van der Waals surface area contributed by atoms with Gasteiger partial charge in [0.25, 0.3) is 15.7 Å². The molecule has 3 aromatic carbocycles. The fourth-order valence-electron chi connectivity index (χ4n) is 4.37. The van der Waals surface area contributed by atoms with Crippen LogP contribution in [0.5, 0.6) is 5.75 Å². The van der Waals surface area contributed by atoms with E-state index in [4.69, 9.17) is 16.3 Å². The molecule has 0 bridgehead atoms. The van der Waals surface area contributed by atoms with Crippen LogP contribution in [0.1, 0.15) is 31.4 Å². The van der Waals surface area contributed by atoms with Crippen molar-refractivity contribution in [1.29, 1.82) is 0 Å². The number of nitro groups is 1. The Morgan fingerprint density at radius 1 is 1.07 bits per heavy atom. The number of nitro benzene ring substituents is 1. The third-order valence-corrected chi connectivity index (χ3v) is 8.78. The van der Waals surface area contributed by atoms with Gasteiger partial charge in [0.05, 0.1) is 22.6 Å². The molecule has 0 spiro atoms. The molecule has 3 rings (SSSR count). The zero-order valence-corrected chi connectivity index (χ0v) is 25.3. The van der Waals surface area contributed by atoms with Crippen molar-refractivity contribution in [3.8, 4) is 5.75 Å². The van der Waals surface area contributed by atoms with E-state index < -0.39 is 39.3 Å². The Bertz CT molecular complexity index is 1550. The minimum atomic E-state index is -4.51. The molecule has 3 aromatic rings. The average molecular weight is 617 g/mol. The summed E-state index contributed by atoms with van der Waals surface area (Å²) in [5.41, 5.74) is 0.601. The number of amides is 2. The molecule has 0 fully saturated rings. The summed E-state index contributed by atoms with van der Waals surface area (Å²) in [5, 5.41) is 14.7. The van der Waals surface area contributed by atoms with Crippen molar-refractivity contribution in [2.24, 2.45) is 0 Å². The predicted molar refractivity (Wildman–Crippen MR) is 160 cm³/mol. The highest BCUT2D eigenvalue weighted by atomic mass is 35.5. The Morgan fingerprint density at radius 2 is 1.74 bits per heavy atom. The molecule has 0 aromatic heterocycles. The van der Waals surface area contributed by atoms with Gasteiger partial charge >= 0.3 is 0 Å². The van der Waals surface area contributed by atoms with Crippen molar-refractivity contribution in [1.82, 2.24) is 10.2 Å². The number of aryl methyl sites for hydroxylation is 1. The standard InChI is InChI=1S/C29H33ClN4O7S/c1-5-26(29(36)31-6-2)32(18-21-9-7-8-10-25(21)30)28(35)19-33(22-12-14-23(41-4)15-13-22)42(39,40)24-16-11-20(3)27(17-24)34(37)38/h7-17,26H,5-6,18-19H2,1-4H3,(H,31,36)/t26-/m0/s1. The van der Waals surface area contributed by atoms with Crippen LogP contribution in [0.25, 0.3) is 0 Å². The van der Waals surface area contributed by atoms with E-state index in [1.807, 2.05) is 0 Å². The lowest BCUT2D eigenvalue weighted by atomic mass is 10.1. The number of nitrogens with one attached hydrogen (secondary N) is 1. The Labute approximate surface area is 250 Å². The van der Waals surface area contributed by atoms with Gasteiger partial charge in [-0.05, 0) is 62.2 Å². The van der Waals surface area contributed by atoms with Crippen molar-refractivity contribution in [3.63, 3.8) is 0 Å². The van der Waals surface area contributed by atoms with Crippen LogP contribution in [0, 0.1) is 17.0 Å². The molecular formula is C29H33ClN4O7S. The van der Waals surface area contributed by atoms with Crippen LogP contribution >= 0.6 is 11.6 Å². The van der Waals surface area contributed by atoms with E-state index in [9.17, 15) is 28.1 Å².